The Kier molecular flexibility index (Phi) is 6.35. The van der Waals surface area contributed by atoms with Crippen molar-refractivity contribution in [3.63, 3.8) is 0 Å². The van der Waals surface area contributed by atoms with Gasteiger partial charge in [0, 0.05) is 6.54 Å². The molecule has 0 aliphatic rings. The van der Waals surface area contributed by atoms with E-state index in [1.165, 1.54) is 12.1 Å². The van der Waals surface area contributed by atoms with Crippen molar-refractivity contribution in [1.82, 2.24) is 5.32 Å². The van der Waals surface area contributed by atoms with Crippen LogP contribution < -0.4 is 5.32 Å². The summed E-state index contributed by atoms with van der Waals surface area (Å²) in [6.07, 6.45) is 0.496. The van der Waals surface area contributed by atoms with E-state index >= 15 is 0 Å². The molecule has 21 heavy (non-hydrogen) atoms. The van der Waals surface area contributed by atoms with Gasteiger partial charge in [0.15, 0.2) is 9.84 Å². The Bertz CT molecular complexity index is 550. The molecule has 1 aromatic rings. The SMILES string of the molecule is CCNCC(CCS(=O)(=O)C(C)(C)C)c1cccc(F)c1. The van der Waals surface area contributed by atoms with Crippen molar-refractivity contribution in [2.75, 3.05) is 18.8 Å². The first-order valence-electron chi connectivity index (χ1n) is 7.36. The summed E-state index contributed by atoms with van der Waals surface area (Å²) in [5.74, 6) is -0.172. The monoisotopic (exact) mass is 315 g/mol. The van der Waals surface area contributed by atoms with Gasteiger partial charge in [0.2, 0.25) is 0 Å². The van der Waals surface area contributed by atoms with Gasteiger partial charge in [0.25, 0.3) is 0 Å². The zero-order chi connectivity index (χ0) is 16.1. The summed E-state index contributed by atoms with van der Waals surface area (Å²) in [6, 6.07) is 6.42. The second-order valence-electron chi connectivity index (χ2n) is 6.28. The molecule has 0 spiro atoms. The van der Waals surface area contributed by atoms with Crippen LogP contribution in [0.4, 0.5) is 4.39 Å². The maximum absolute atomic E-state index is 13.4. The molecule has 0 aliphatic heterocycles. The highest BCUT2D eigenvalue weighted by atomic mass is 32.2. The van der Waals surface area contributed by atoms with Crippen LogP contribution in [0.2, 0.25) is 0 Å². The summed E-state index contributed by atoms with van der Waals surface area (Å²) in [5, 5.41) is 3.22. The van der Waals surface area contributed by atoms with Gasteiger partial charge in [-0.1, -0.05) is 19.1 Å². The molecule has 5 heteroatoms. The Labute approximate surface area is 127 Å². The number of halogens is 1. The summed E-state index contributed by atoms with van der Waals surface area (Å²) in [4.78, 5) is 0. The Morgan fingerprint density at radius 2 is 1.95 bits per heavy atom. The van der Waals surface area contributed by atoms with Gasteiger partial charge in [-0.25, -0.2) is 12.8 Å². The van der Waals surface area contributed by atoms with Crippen LogP contribution in [0.25, 0.3) is 0 Å². The van der Waals surface area contributed by atoms with Crippen LogP contribution in [-0.2, 0) is 9.84 Å². The number of likely N-dealkylation sites (N-methyl/N-ethyl adjacent to an activating group) is 1. The summed E-state index contributed by atoms with van der Waals surface area (Å²) in [7, 11) is -3.16. The molecule has 3 nitrogen and oxygen atoms in total. The standard InChI is InChI=1S/C16H26FNO2S/c1-5-18-12-14(13-7-6-8-15(17)11-13)9-10-21(19,20)16(2,3)4/h6-8,11,14,18H,5,9-10,12H2,1-4H3. The van der Waals surface area contributed by atoms with Crippen LogP contribution in [0.1, 0.15) is 45.6 Å². The van der Waals surface area contributed by atoms with E-state index in [1.807, 2.05) is 13.0 Å². The molecular formula is C16H26FNO2S. The third kappa shape index (κ3) is 5.40. The second kappa shape index (κ2) is 7.36. The molecule has 0 saturated carbocycles. The summed E-state index contributed by atoms with van der Waals surface area (Å²) >= 11 is 0. The molecule has 0 saturated heterocycles. The summed E-state index contributed by atoms with van der Waals surface area (Å²) < 4.78 is 37.1. The fourth-order valence-corrected chi connectivity index (χ4v) is 3.28. The van der Waals surface area contributed by atoms with Crippen molar-refractivity contribution in [2.45, 2.75) is 44.8 Å². The van der Waals surface area contributed by atoms with E-state index in [-0.39, 0.29) is 17.5 Å². The number of benzene rings is 1. The first-order chi connectivity index (χ1) is 9.67. The van der Waals surface area contributed by atoms with Gasteiger partial charge in [-0.3, -0.25) is 0 Å². The van der Waals surface area contributed by atoms with Crippen molar-refractivity contribution in [3.05, 3.63) is 35.6 Å². The molecular weight excluding hydrogens is 289 g/mol. The lowest BCUT2D eigenvalue weighted by atomic mass is 9.96. The number of nitrogens with one attached hydrogen (secondary N) is 1. The maximum Gasteiger partial charge on any atom is 0.155 e. The van der Waals surface area contributed by atoms with E-state index in [1.54, 1.807) is 26.8 Å². The minimum atomic E-state index is -3.16. The topological polar surface area (TPSA) is 46.2 Å². The first kappa shape index (κ1) is 18.1. The Hall–Kier alpha value is -0.940. The molecule has 0 radical (unpaired) electrons. The summed E-state index contributed by atoms with van der Waals surface area (Å²) in [5.41, 5.74) is 0.847. The highest BCUT2D eigenvalue weighted by Crippen LogP contribution is 2.24. The average molecular weight is 315 g/mol. The van der Waals surface area contributed by atoms with Gasteiger partial charge in [-0.2, -0.15) is 0 Å². The van der Waals surface area contributed by atoms with Crippen LogP contribution in [0.15, 0.2) is 24.3 Å². The average Bonchev–Trinajstić information content (AvgIpc) is 2.37. The minimum absolute atomic E-state index is 0.00206. The van der Waals surface area contributed by atoms with Crippen molar-refractivity contribution in [2.24, 2.45) is 0 Å². The highest BCUT2D eigenvalue weighted by Gasteiger charge is 2.29. The van der Waals surface area contributed by atoms with Crippen molar-refractivity contribution in [3.8, 4) is 0 Å². The second-order valence-corrected chi connectivity index (χ2v) is 9.14. The van der Waals surface area contributed by atoms with Gasteiger partial charge in [0.05, 0.1) is 10.5 Å². The molecule has 1 unspecified atom stereocenters. The third-order valence-electron chi connectivity index (χ3n) is 3.63. The van der Waals surface area contributed by atoms with Crippen LogP contribution in [0.5, 0.6) is 0 Å². The van der Waals surface area contributed by atoms with Crippen molar-refractivity contribution >= 4 is 9.84 Å². The molecule has 1 rings (SSSR count). The predicted octanol–water partition coefficient (Wildman–Crippen LogP) is 3.12. The Morgan fingerprint density at radius 1 is 1.29 bits per heavy atom. The minimum Gasteiger partial charge on any atom is -0.316 e. The quantitative estimate of drug-likeness (QED) is 0.841. The summed E-state index contributed by atoms with van der Waals surface area (Å²) in [6.45, 7) is 8.59. The number of sulfone groups is 1. The van der Waals surface area contributed by atoms with E-state index in [2.05, 4.69) is 5.32 Å². The van der Waals surface area contributed by atoms with Crippen LogP contribution in [0.3, 0.4) is 0 Å². The molecule has 0 fully saturated rings. The van der Waals surface area contributed by atoms with Gasteiger partial charge in [-0.05, 0) is 57.4 Å². The van der Waals surface area contributed by atoms with E-state index in [0.29, 0.717) is 13.0 Å². The lowest BCUT2D eigenvalue weighted by Crippen LogP contribution is -2.32. The highest BCUT2D eigenvalue weighted by molar-refractivity contribution is 7.92. The van der Waals surface area contributed by atoms with E-state index in [4.69, 9.17) is 0 Å². The zero-order valence-corrected chi connectivity index (χ0v) is 14.1. The third-order valence-corrected chi connectivity index (χ3v) is 6.27. The Morgan fingerprint density at radius 3 is 2.48 bits per heavy atom. The van der Waals surface area contributed by atoms with Gasteiger partial charge in [0.1, 0.15) is 5.82 Å². The van der Waals surface area contributed by atoms with Crippen LogP contribution in [-0.4, -0.2) is 32.0 Å². The predicted molar refractivity (Wildman–Crippen MR) is 85.8 cm³/mol. The molecule has 0 bridgehead atoms. The van der Waals surface area contributed by atoms with Crippen molar-refractivity contribution < 1.29 is 12.8 Å². The van der Waals surface area contributed by atoms with Crippen LogP contribution in [0, 0.1) is 5.82 Å². The van der Waals surface area contributed by atoms with Gasteiger partial charge in [-0.15, -0.1) is 0 Å². The Balaban J connectivity index is 2.85. The molecule has 120 valence electrons. The van der Waals surface area contributed by atoms with Crippen LogP contribution >= 0.6 is 0 Å². The lowest BCUT2D eigenvalue weighted by Gasteiger charge is -2.22. The van der Waals surface area contributed by atoms with E-state index in [0.717, 1.165) is 12.1 Å². The molecule has 1 aromatic carbocycles. The van der Waals surface area contributed by atoms with E-state index < -0.39 is 14.6 Å². The zero-order valence-electron chi connectivity index (χ0n) is 13.3. The largest absolute Gasteiger partial charge is 0.316 e. The van der Waals surface area contributed by atoms with Crippen molar-refractivity contribution in [1.29, 1.82) is 0 Å². The molecule has 0 aromatic heterocycles. The van der Waals surface area contributed by atoms with Gasteiger partial charge < -0.3 is 5.32 Å². The normalized spacial score (nSPS) is 14.1. The molecule has 0 aliphatic carbocycles. The number of hydrogen-bond donors (Lipinski definition) is 1. The lowest BCUT2D eigenvalue weighted by molar-refractivity contribution is 0.539. The maximum atomic E-state index is 13.4. The molecule has 0 heterocycles. The molecule has 1 atom stereocenters. The number of rotatable bonds is 7. The fourth-order valence-electron chi connectivity index (χ4n) is 2.07. The van der Waals surface area contributed by atoms with Gasteiger partial charge >= 0.3 is 0 Å². The number of hydrogen-bond acceptors (Lipinski definition) is 3. The van der Waals surface area contributed by atoms with E-state index in [9.17, 15) is 12.8 Å². The molecule has 0 amide bonds. The fraction of sp³-hybridized carbons (Fsp3) is 0.625. The smallest absolute Gasteiger partial charge is 0.155 e. The first-order valence-corrected chi connectivity index (χ1v) is 9.01. The molecule has 1 N–H and O–H groups in total.